The summed E-state index contributed by atoms with van der Waals surface area (Å²) < 4.78 is 14.5. The average molecular weight is 222 g/mol. The second-order valence-corrected chi connectivity index (χ2v) is 3.55. The fraction of sp³-hybridized carbons (Fsp3) is 0.273. The Labute approximate surface area is 90.3 Å². The second-order valence-electron chi connectivity index (χ2n) is 3.55. The average Bonchev–Trinajstić information content (AvgIpc) is 2.24. The van der Waals surface area contributed by atoms with Gasteiger partial charge in [-0.1, -0.05) is 13.0 Å². The van der Waals surface area contributed by atoms with Gasteiger partial charge in [-0.3, -0.25) is 9.36 Å². The molecule has 1 aromatic heterocycles. The van der Waals surface area contributed by atoms with Crippen LogP contribution in [0.5, 0.6) is 0 Å². The smallest absolute Gasteiger partial charge is 0.307 e. The maximum Gasteiger partial charge on any atom is 0.328 e. The van der Waals surface area contributed by atoms with Crippen molar-refractivity contribution in [3.05, 3.63) is 44.9 Å². The topological polar surface area (TPSA) is 54.9 Å². The highest BCUT2D eigenvalue weighted by atomic mass is 19.1. The lowest BCUT2D eigenvalue weighted by molar-refractivity contribution is 0.608. The van der Waals surface area contributed by atoms with Crippen molar-refractivity contribution in [3.8, 4) is 0 Å². The van der Waals surface area contributed by atoms with E-state index in [0.717, 1.165) is 4.57 Å². The molecule has 0 aliphatic carbocycles. The number of hydrogen-bond donors (Lipinski definition) is 1. The van der Waals surface area contributed by atoms with E-state index in [1.54, 1.807) is 0 Å². The Morgan fingerprint density at radius 1 is 1.38 bits per heavy atom. The summed E-state index contributed by atoms with van der Waals surface area (Å²) in [6.45, 7) is 2.13. The van der Waals surface area contributed by atoms with Crippen molar-refractivity contribution in [1.82, 2.24) is 9.55 Å². The van der Waals surface area contributed by atoms with Gasteiger partial charge in [0, 0.05) is 6.54 Å². The standard InChI is InChI=1S/C11H11FN2O2/c1-2-6-14-10(15)9-7(12)4-3-5-8(9)13-11(14)16/h3-5H,2,6H2,1H3,(H,13,16). The molecule has 2 aromatic rings. The van der Waals surface area contributed by atoms with Crippen LogP contribution in [0, 0.1) is 5.82 Å². The minimum absolute atomic E-state index is 0.0597. The van der Waals surface area contributed by atoms with Gasteiger partial charge in [0.25, 0.3) is 5.56 Å². The lowest BCUT2D eigenvalue weighted by atomic mass is 10.2. The van der Waals surface area contributed by atoms with E-state index in [-0.39, 0.29) is 10.9 Å². The number of fused-ring (bicyclic) bond motifs is 1. The molecule has 0 bridgehead atoms. The van der Waals surface area contributed by atoms with Gasteiger partial charge in [-0.25, -0.2) is 9.18 Å². The van der Waals surface area contributed by atoms with E-state index in [1.165, 1.54) is 18.2 Å². The van der Waals surface area contributed by atoms with Crippen LogP contribution in [0.15, 0.2) is 27.8 Å². The molecule has 16 heavy (non-hydrogen) atoms. The normalized spacial score (nSPS) is 10.9. The number of aromatic nitrogens is 2. The summed E-state index contributed by atoms with van der Waals surface area (Å²) in [6, 6.07) is 4.17. The Bertz CT molecular complexity index is 642. The summed E-state index contributed by atoms with van der Waals surface area (Å²) in [5.41, 5.74) is -0.828. The molecule has 0 fully saturated rings. The van der Waals surface area contributed by atoms with Gasteiger partial charge < -0.3 is 4.98 Å². The third-order valence-corrected chi connectivity index (χ3v) is 2.41. The molecular formula is C11H11FN2O2. The highest BCUT2D eigenvalue weighted by Crippen LogP contribution is 2.09. The van der Waals surface area contributed by atoms with Crippen molar-refractivity contribution in [2.75, 3.05) is 0 Å². The van der Waals surface area contributed by atoms with E-state index in [1.807, 2.05) is 6.92 Å². The van der Waals surface area contributed by atoms with Crippen molar-refractivity contribution in [3.63, 3.8) is 0 Å². The molecule has 0 aliphatic heterocycles. The highest BCUT2D eigenvalue weighted by molar-refractivity contribution is 5.77. The van der Waals surface area contributed by atoms with Gasteiger partial charge >= 0.3 is 5.69 Å². The molecule has 1 aromatic carbocycles. The van der Waals surface area contributed by atoms with Gasteiger partial charge in [-0.05, 0) is 18.6 Å². The first-order chi connectivity index (χ1) is 7.65. The van der Waals surface area contributed by atoms with Crippen LogP contribution in [0.3, 0.4) is 0 Å². The maximum absolute atomic E-state index is 13.5. The molecule has 0 unspecified atom stereocenters. The number of aromatic amines is 1. The SMILES string of the molecule is CCCn1c(=O)[nH]c2cccc(F)c2c1=O. The van der Waals surface area contributed by atoms with E-state index in [9.17, 15) is 14.0 Å². The first-order valence-electron chi connectivity index (χ1n) is 5.06. The van der Waals surface area contributed by atoms with Crippen LogP contribution < -0.4 is 11.2 Å². The van der Waals surface area contributed by atoms with Gasteiger partial charge in [-0.15, -0.1) is 0 Å². The van der Waals surface area contributed by atoms with E-state index >= 15 is 0 Å². The fourth-order valence-corrected chi connectivity index (χ4v) is 1.68. The van der Waals surface area contributed by atoms with Gasteiger partial charge in [0.05, 0.1) is 10.9 Å². The van der Waals surface area contributed by atoms with Crippen molar-refractivity contribution >= 4 is 10.9 Å². The number of nitrogens with one attached hydrogen (secondary N) is 1. The van der Waals surface area contributed by atoms with Gasteiger partial charge in [-0.2, -0.15) is 0 Å². The molecule has 2 rings (SSSR count). The number of rotatable bonds is 2. The molecule has 84 valence electrons. The van der Waals surface area contributed by atoms with Crippen molar-refractivity contribution < 1.29 is 4.39 Å². The number of hydrogen-bond acceptors (Lipinski definition) is 2. The van der Waals surface area contributed by atoms with Crippen molar-refractivity contribution in [2.24, 2.45) is 0 Å². The summed E-state index contributed by atoms with van der Waals surface area (Å²) in [4.78, 5) is 25.9. The van der Waals surface area contributed by atoms with Gasteiger partial charge in [0.2, 0.25) is 0 Å². The molecule has 0 radical (unpaired) electrons. The Morgan fingerprint density at radius 2 is 2.12 bits per heavy atom. The first-order valence-corrected chi connectivity index (χ1v) is 5.06. The molecule has 0 saturated heterocycles. The van der Waals surface area contributed by atoms with E-state index in [2.05, 4.69) is 4.98 Å². The van der Waals surface area contributed by atoms with E-state index in [0.29, 0.717) is 13.0 Å². The maximum atomic E-state index is 13.5. The third kappa shape index (κ3) is 1.54. The molecule has 0 spiro atoms. The summed E-state index contributed by atoms with van der Waals surface area (Å²) in [6.07, 6.45) is 0.642. The number of H-pyrrole nitrogens is 1. The molecular weight excluding hydrogens is 211 g/mol. The van der Waals surface area contributed by atoms with Gasteiger partial charge in [0.15, 0.2) is 0 Å². The van der Waals surface area contributed by atoms with Crippen LogP contribution in [0.1, 0.15) is 13.3 Å². The van der Waals surface area contributed by atoms with Crippen LogP contribution in [0.25, 0.3) is 10.9 Å². The zero-order valence-electron chi connectivity index (χ0n) is 8.79. The van der Waals surface area contributed by atoms with Crippen LogP contribution >= 0.6 is 0 Å². The fourth-order valence-electron chi connectivity index (χ4n) is 1.68. The quantitative estimate of drug-likeness (QED) is 0.831. The molecule has 1 N–H and O–H groups in total. The summed E-state index contributed by atoms with van der Waals surface area (Å²) in [5.74, 6) is -0.608. The van der Waals surface area contributed by atoms with Crippen LogP contribution in [-0.4, -0.2) is 9.55 Å². The molecule has 1 heterocycles. The van der Waals surface area contributed by atoms with Crippen LogP contribution in [0.4, 0.5) is 4.39 Å². The highest BCUT2D eigenvalue weighted by Gasteiger charge is 2.10. The molecule has 0 aliphatic rings. The van der Waals surface area contributed by atoms with Crippen LogP contribution in [-0.2, 0) is 6.54 Å². The summed E-state index contributed by atoms with van der Waals surface area (Å²) in [5, 5.41) is -0.0597. The third-order valence-electron chi connectivity index (χ3n) is 2.41. The molecule has 5 heteroatoms. The monoisotopic (exact) mass is 222 g/mol. The van der Waals surface area contributed by atoms with Crippen LogP contribution in [0.2, 0.25) is 0 Å². The second kappa shape index (κ2) is 3.92. The Morgan fingerprint density at radius 3 is 2.81 bits per heavy atom. The number of benzene rings is 1. The molecule has 4 nitrogen and oxygen atoms in total. The predicted molar refractivity (Wildman–Crippen MR) is 59.1 cm³/mol. The zero-order chi connectivity index (χ0) is 11.7. The Balaban J connectivity index is 2.92. The zero-order valence-corrected chi connectivity index (χ0v) is 8.79. The van der Waals surface area contributed by atoms with E-state index < -0.39 is 17.1 Å². The first kappa shape index (κ1) is 10.6. The minimum Gasteiger partial charge on any atom is -0.307 e. The van der Waals surface area contributed by atoms with Gasteiger partial charge in [0.1, 0.15) is 5.82 Å². The largest absolute Gasteiger partial charge is 0.328 e. The van der Waals surface area contributed by atoms with Crippen molar-refractivity contribution in [2.45, 2.75) is 19.9 Å². The number of halogens is 1. The Kier molecular flexibility index (Phi) is 2.60. The van der Waals surface area contributed by atoms with E-state index in [4.69, 9.17) is 0 Å². The molecule has 0 atom stereocenters. The van der Waals surface area contributed by atoms with Crippen molar-refractivity contribution in [1.29, 1.82) is 0 Å². The Hall–Kier alpha value is -1.91. The molecule has 0 amide bonds. The predicted octanol–water partition coefficient (Wildman–Crippen LogP) is 1.24. The molecule has 0 saturated carbocycles. The number of nitrogens with zero attached hydrogens (tertiary/aromatic N) is 1. The summed E-state index contributed by atoms with van der Waals surface area (Å²) >= 11 is 0. The minimum atomic E-state index is -0.608. The lowest BCUT2D eigenvalue weighted by Gasteiger charge is -2.04. The summed E-state index contributed by atoms with van der Waals surface area (Å²) in [7, 11) is 0. The lowest BCUT2D eigenvalue weighted by Crippen LogP contribution is -2.35.